The molecule has 3 aromatic rings. The largest absolute Gasteiger partial charge is 0.507 e. The fraction of sp³-hybridized carbons (Fsp3) is 0.222. The number of carbonyl (C=O) groups is 4. The third-order valence-electron chi connectivity index (χ3n) is 9.55. The van der Waals surface area contributed by atoms with Gasteiger partial charge < -0.3 is 19.9 Å². The predicted octanol–water partition coefficient (Wildman–Crippen LogP) is 3.29. The van der Waals surface area contributed by atoms with Crippen LogP contribution in [0.5, 0.6) is 11.5 Å². The van der Waals surface area contributed by atoms with Crippen molar-refractivity contribution in [2.24, 2.45) is 17.8 Å². The first-order valence-corrected chi connectivity index (χ1v) is 15.2. The van der Waals surface area contributed by atoms with Gasteiger partial charge in [-0.25, -0.2) is 0 Å². The fourth-order valence-corrected chi connectivity index (χ4v) is 7.39. The number of ether oxygens (including phenoxy) is 1. The second-order valence-corrected chi connectivity index (χ2v) is 12.2. The number of nitrogens with zero attached hydrogens (tertiary/aromatic N) is 1. The van der Waals surface area contributed by atoms with Crippen molar-refractivity contribution in [3.05, 3.63) is 118 Å². The molecule has 0 aromatic heterocycles. The van der Waals surface area contributed by atoms with Gasteiger partial charge in [0.1, 0.15) is 18.1 Å². The van der Waals surface area contributed by atoms with Crippen LogP contribution in [0.1, 0.15) is 36.8 Å². The highest BCUT2D eigenvalue weighted by atomic mass is 16.5. The molecule has 1 aliphatic heterocycles. The number of imide groups is 1. The van der Waals surface area contributed by atoms with Crippen molar-refractivity contribution in [2.45, 2.75) is 32.3 Å². The molecule has 0 unspecified atom stereocenters. The molecule has 0 radical (unpaired) electrons. The van der Waals surface area contributed by atoms with Gasteiger partial charge >= 0.3 is 7.12 Å². The van der Waals surface area contributed by atoms with E-state index in [1.54, 1.807) is 31.2 Å². The second-order valence-electron chi connectivity index (χ2n) is 12.2. The molecule has 2 amide bonds. The standard InChI is InChI=1S/C36H30BNO8/c1-19-14-29(39)28-17-27-24(12-13-26-32(27)36(43)38(35(26)42)22-9-5-8-21(15-22)37(44)45)31(33(28)34(19)41)25-11-10-23(16-30(25)40)46-18-20-6-3-2-4-7-20/h2-12,14-16,26-27,31-32,40,44-45H,13,17-18H2,1H3/t26-,27+,31+,32-/m0/s1. The van der Waals surface area contributed by atoms with Crippen molar-refractivity contribution in [3.63, 3.8) is 0 Å². The molecule has 0 spiro atoms. The van der Waals surface area contributed by atoms with Crippen molar-refractivity contribution in [1.29, 1.82) is 0 Å². The number of hydrogen-bond donors (Lipinski definition) is 3. The Bertz CT molecular complexity index is 1910. The molecule has 0 bridgehead atoms. The van der Waals surface area contributed by atoms with Crippen LogP contribution in [0, 0.1) is 17.8 Å². The topological polar surface area (TPSA) is 141 Å². The average molecular weight is 615 g/mol. The van der Waals surface area contributed by atoms with Gasteiger partial charge in [-0.1, -0.05) is 60.2 Å². The Labute approximate surface area is 265 Å². The Hall–Kier alpha value is -5.06. The number of rotatable bonds is 6. The molecule has 230 valence electrons. The van der Waals surface area contributed by atoms with Gasteiger partial charge in [-0.3, -0.25) is 24.1 Å². The molecule has 4 aliphatic rings. The van der Waals surface area contributed by atoms with Gasteiger partial charge in [-0.15, -0.1) is 0 Å². The summed E-state index contributed by atoms with van der Waals surface area (Å²) in [5.41, 5.74) is 3.32. The van der Waals surface area contributed by atoms with Crippen molar-refractivity contribution in [1.82, 2.24) is 0 Å². The molecule has 1 fully saturated rings. The minimum atomic E-state index is -1.78. The minimum absolute atomic E-state index is 0.106. The van der Waals surface area contributed by atoms with Crippen LogP contribution in [0.4, 0.5) is 5.69 Å². The van der Waals surface area contributed by atoms with Gasteiger partial charge in [0.2, 0.25) is 11.8 Å². The lowest BCUT2D eigenvalue weighted by molar-refractivity contribution is -0.123. The second kappa shape index (κ2) is 11.4. The Balaban J connectivity index is 1.28. The van der Waals surface area contributed by atoms with Crippen LogP contribution in [0.2, 0.25) is 0 Å². The Morgan fingerprint density at radius 3 is 2.43 bits per heavy atom. The van der Waals surface area contributed by atoms with Gasteiger partial charge in [0.15, 0.2) is 11.6 Å². The smallest absolute Gasteiger partial charge is 0.488 e. The van der Waals surface area contributed by atoms with Crippen LogP contribution >= 0.6 is 0 Å². The molecule has 10 heteroatoms. The fourth-order valence-electron chi connectivity index (χ4n) is 7.39. The zero-order chi connectivity index (χ0) is 32.3. The van der Waals surface area contributed by atoms with E-state index in [-0.39, 0.29) is 52.5 Å². The number of ketones is 2. The van der Waals surface area contributed by atoms with Crippen LogP contribution < -0.4 is 15.1 Å². The Kier molecular flexibility index (Phi) is 7.34. The molecule has 7 rings (SSSR count). The summed E-state index contributed by atoms with van der Waals surface area (Å²) in [6.07, 6.45) is 3.53. The molecular weight excluding hydrogens is 585 g/mol. The van der Waals surface area contributed by atoms with Crippen molar-refractivity contribution >= 4 is 41.6 Å². The third-order valence-corrected chi connectivity index (χ3v) is 9.55. The van der Waals surface area contributed by atoms with Gasteiger partial charge in [0.05, 0.1) is 17.5 Å². The SMILES string of the molecule is CC1=CC(=O)C2=C(C1=O)[C@@H](c1ccc(OCc3ccccc3)cc1O)C1=CC[C@@H]3C(=O)N(c4cccc(B(O)O)c4)C(=O)[C@@H]3[C@@H]1C2. The van der Waals surface area contributed by atoms with Crippen molar-refractivity contribution in [2.75, 3.05) is 4.90 Å². The van der Waals surface area contributed by atoms with E-state index in [2.05, 4.69) is 0 Å². The molecular formula is C36H30BNO8. The number of Topliss-reactive ketones (excluding diaryl/α,β-unsaturated/α-hetero) is 1. The first-order chi connectivity index (χ1) is 22.1. The van der Waals surface area contributed by atoms with Crippen LogP contribution in [0.25, 0.3) is 0 Å². The number of phenols is 1. The van der Waals surface area contributed by atoms with E-state index in [0.29, 0.717) is 29.1 Å². The highest BCUT2D eigenvalue weighted by molar-refractivity contribution is 6.58. The molecule has 1 saturated heterocycles. The van der Waals surface area contributed by atoms with E-state index >= 15 is 0 Å². The van der Waals surface area contributed by atoms with Gasteiger partial charge in [0, 0.05) is 34.3 Å². The monoisotopic (exact) mass is 615 g/mol. The molecule has 1 heterocycles. The Morgan fingerprint density at radius 1 is 0.913 bits per heavy atom. The van der Waals surface area contributed by atoms with Crippen molar-refractivity contribution in [3.8, 4) is 11.5 Å². The summed E-state index contributed by atoms with van der Waals surface area (Å²) >= 11 is 0. The Morgan fingerprint density at radius 2 is 1.70 bits per heavy atom. The lowest BCUT2D eigenvalue weighted by atomic mass is 9.59. The summed E-state index contributed by atoms with van der Waals surface area (Å²) in [6.45, 7) is 1.88. The van der Waals surface area contributed by atoms with E-state index in [1.165, 1.54) is 24.3 Å². The highest BCUT2D eigenvalue weighted by Gasteiger charge is 2.57. The minimum Gasteiger partial charge on any atom is -0.507 e. The quantitative estimate of drug-likeness (QED) is 0.166. The number of carbonyl (C=O) groups excluding carboxylic acids is 4. The predicted molar refractivity (Wildman–Crippen MR) is 169 cm³/mol. The van der Waals surface area contributed by atoms with E-state index in [9.17, 15) is 34.3 Å². The number of phenolic OH excluding ortho intramolecular Hbond substituents is 1. The summed E-state index contributed by atoms with van der Waals surface area (Å²) in [5, 5.41) is 30.7. The zero-order valence-corrected chi connectivity index (χ0v) is 24.9. The molecule has 4 atom stereocenters. The van der Waals surface area contributed by atoms with Crippen molar-refractivity contribution < 1.29 is 39.1 Å². The molecule has 3 aliphatic carbocycles. The number of hydrogen-bond acceptors (Lipinski definition) is 8. The summed E-state index contributed by atoms with van der Waals surface area (Å²) in [7, 11) is -1.78. The number of benzene rings is 3. The van der Waals surface area contributed by atoms with E-state index in [1.807, 2.05) is 36.4 Å². The molecule has 46 heavy (non-hydrogen) atoms. The number of fused-ring (bicyclic) bond motifs is 3. The molecule has 9 nitrogen and oxygen atoms in total. The van der Waals surface area contributed by atoms with Gasteiger partial charge in [-0.2, -0.15) is 0 Å². The summed E-state index contributed by atoms with van der Waals surface area (Å²) < 4.78 is 5.91. The first kappa shape index (κ1) is 29.6. The van der Waals surface area contributed by atoms with Crippen LogP contribution in [-0.4, -0.2) is 45.7 Å². The van der Waals surface area contributed by atoms with Crippen LogP contribution in [-0.2, 0) is 25.8 Å². The first-order valence-electron chi connectivity index (χ1n) is 15.2. The zero-order valence-electron chi connectivity index (χ0n) is 24.9. The van der Waals surface area contributed by atoms with Gasteiger partial charge in [-0.05, 0) is 61.0 Å². The normalized spacial score (nSPS) is 23.8. The maximum atomic E-state index is 14.1. The highest BCUT2D eigenvalue weighted by Crippen LogP contribution is 2.56. The van der Waals surface area contributed by atoms with Gasteiger partial charge in [0.25, 0.3) is 0 Å². The number of amides is 2. The van der Waals surface area contributed by atoms with Crippen LogP contribution in [0.15, 0.2) is 107 Å². The lowest BCUT2D eigenvalue weighted by Gasteiger charge is -2.42. The van der Waals surface area contributed by atoms with Crippen LogP contribution in [0.3, 0.4) is 0 Å². The van der Waals surface area contributed by atoms with E-state index < -0.39 is 42.6 Å². The molecule has 3 N–H and O–H groups in total. The average Bonchev–Trinajstić information content (AvgIpc) is 3.31. The third kappa shape index (κ3) is 4.81. The number of aromatic hydroxyl groups is 1. The lowest BCUT2D eigenvalue weighted by Crippen LogP contribution is -2.40. The van der Waals surface area contributed by atoms with E-state index in [0.717, 1.165) is 10.5 Å². The maximum absolute atomic E-state index is 14.1. The number of allylic oxidation sites excluding steroid dienone is 6. The maximum Gasteiger partial charge on any atom is 0.488 e. The number of anilines is 1. The molecule has 0 saturated carbocycles. The summed E-state index contributed by atoms with van der Waals surface area (Å²) in [5.74, 6) is -4.04. The summed E-state index contributed by atoms with van der Waals surface area (Å²) in [6, 6.07) is 20.4. The molecule has 3 aromatic carbocycles. The van der Waals surface area contributed by atoms with E-state index in [4.69, 9.17) is 4.74 Å². The summed E-state index contributed by atoms with van der Waals surface area (Å²) in [4.78, 5) is 56.0.